The molecule has 2 aromatic rings. The van der Waals surface area contributed by atoms with Crippen LogP contribution in [0.1, 0.15) is 43.5 Å². The van der Waals surface area contributed by atoms with Crippen molar-refractivity contribution in [1.82, 2.24) is 9.80 Å². The van der Waals surface area contributed by atoms with E-state index < -0.39 is 17.7 Å². The Labute approximate surface area is 204 Å². The van der Waals surface area contributed by atoms with Gasteiger partial charge in [0.05, 0.1) is 18.2 Å². The zero-order valence-electron chi connectivity index (χ0n) is 19.6. The topological polar surface area (TPSA) is 70.1 Å². The minimum atomic E-state index is -0.659. The van der Waals surface area contributed by atoms with Gasteiger partial charge in [-0.15, -0.1) is 0 Å². The molecule has 0 aliphatic carbocycles. The van der Waals surface area contributed by atoms with E-state index in [0.717, 1.165) is 28.7 Å². The van der Waals surface area contributed by atoms with Crippen LogP contribution in [0, 0.1) is 6.92 Å². The Morgan fingerprint density at radius 3 is 2.33 bits per heavy atom. The van der Waals surface area contributed by atoms with E-state index in [-0.39, 0.29) is 11.3 Å². The third kappa shape index (κ3) is 5.31. The van der Waals surface area contributed by atoms with E-state index in [2.05, 4.69) is 34.7 Å². The van der Waals surface area contributed by atoms with Gasteiger partial charge in [0.15, 0.2) is 0 Å². The van der Waals surface area contributed by atoms with E-state index >= 15 is 0 Å². The fraction of sp³-hybridized carbons (Fsp3) is 0.385. The summed E-state index contributed by atoms with van der Waals surface area (Å²) in [5.41, 5.74) is 2.18. The van der Waals surface area contributed by atoms with Gasteiger partial charge in [0, 0.05) is 23.1 Å². The molecule has 2 aromatic carbocycles. The van der Waals surface area contributed by atoms with Gasteiger partial charge in [0.1, 0.15) is 11.5 Å². The Balaban J connectivity index is 2.10. The first kappa shape index (κ1) is 25.0. The molecule has 0 spiro atoms. The van der Waals surface area contributed by atoms with Crippen LogP contribution in [-0.2, 0) is 9.59 Å². The molecule has 1 saturated heterocycles. The van der Waals surface area contributed by atoms with Crippen molar-refractivity contribution < 1.29 is 19.4 Å². The molecular formula is C26H31BrN2O4. The minimum absolute atomic E-state index is 0.120. The lowest BCUT2D eigenvalue weighted by Crippen LogP contribution is -2.38. The number of carbonyl (C=O) groups is 2. The van der Waals surface area contributed by atoms with E-state index in [1.807, 2.05) is 44.2 Å². The van der Waals surface area contributed by atoms with Crippen LogP contribution in [-0.4, -0.2) is 59.4 Å². The van der Waals surface area contributed by atoms with E-state index in [9.17, 15) is 14.7 Å². The number of Topliss-reactive ketones (excluding diaryl/α,β-unsaturated/α-hetero) is 1. The average molecular weight is 515 g/mol. The van der Waals surface area contributed by atoms with Crippen molar-refractivity contribution in [2.24, 2.45) is 0 Å². The lowest BCUT2D eigenvalue weighted by Gasteiger charge is -2.28. The highest BCUT2D eigenvalue weighted by molar-refractivity contribution is 9.10. The van der Waals surface area contributed by atoms with Gasteiger partial charge in [0.25, 0.3) is 11.7 Å². The van der Waals surface area contributed by atoms with Crippen LogP contribution in [0.2, 0.25) is 0 Å². The number of aryl methyl sites for hydroxylation is 1. The van der Waals surface area contributed by atoms with Crippen molar-refractivity contribution in [3.05, 3.63) is 69.2 Å². The number of likely N-dealkylation sites (N-methyl/N-ethyl adjacent to an activating group) is 1. The third-order valence-corrected chi connectivity index (χ3v) is 6.57. The summed E-state index contributed by atoms with van der Waals surface area (Å²) in [6.07, 6.45) is 0. The number of hydrogen-bond acceptors (Lipinski definition) is 5. The van der Waals surface area contributed by atoms with Gasteiger partial charge < -0.3 is 19.6 Å². The smallest absolute Gasteiger partial charge is 0.295 e. The molecule has 1 aliphatic rings. The Kier molecular flexibility index (Phi) is 8.32. The second kappa shape index (κ2) is 11.0. The van der Waals surface area contributed by atoms with Crippen molar-refractivity contribution in [2.45, 2.75) is 33.7 Å². The molecule has 6 nitrogen and oxygen atoms in total. The van der Waals surface area contributed by atoms with Gasteiger partial charge in [0.2, 0.25) is 0 Å². The number of benzene rings is 2. The van der Waals surface area contributed by atoms with E-state index in [0.29, 0.717) is 31.0 Å². The molecule has 0 bridgehead atoms. The van der Waals surface area contributed by atoms with Crippen molar-refractivity contribution in [3.8, 4) is 5.75 Å². The summed E-state index contributed by atoms with van der Waals surface area (Å²) in [5.74, 6) is -0.712. The second-order valence-electron chi connectivity index (χ2n) is 7.98. The number of ether oxygens (including phenoxy) is 1. The van der Waals surface area contributed by atoms with E-state index in [4.69, 9.17) is 4.74 Å². The quantitative estimate of drug-likeness (QED) is 0.292. The van der Waals surface area contributed by atoms with Crippen molar-refractivity contribution in [1.29, 1.82) is 0 Å². The fourth-order valence-corrected chi connectivity index (χ4v) is 4.46. The number of amides is 1. The summed E-state index contributed by atoms with van der Waals surface area (Å²) in [7, 11) is 0. The number of aliphatic hydroxyl groups is 1. The van der Waals surface area contributed by atoms with Crippen molar-refractivity contribution in [3.63, 3.8) is 0 Å². The number of halogens is 1. The summed E-state index contributed by atoms with van der Waals surface area (Å²) in [6, 6.07) is 12.2. The average Bonchev–Trinajstić information content (AvgIpc) is 3.05. The molecule has 1 amide bonds. The van der Waals surface area contributed by atoms with Crippen LogP contribution >= 0.6 is 15.9 Å². The SMILES string of the molecule is CCOc1ccc(/C(O)=C2/C(=O)C(=O)N(CCN(CC)CC)C2c2ccc(Br)cc2)c(C)c1. The Hall–Kier alpha value is -2.64. The molecule has 3 rings (SSSR count). The number of likely N-dealkylation sites (tertiary alicyclic amines) is 1. The van der Waals surface area contributed by atoms with Crippen LogP contribution < -0.4 is 4.74 Å². The van der Waals surface area contributed by atoms with Crippen molar-refractivity contribution >= 4 is 33.4 Å². The fourth-order valence-electron chi connectivity index (χ4n) is 4.19. The lowest BCUT2D eigenvalue weighted by atomic mass is 9.94. The molecule has 1 fully saturated rings. The molecule has 176 valence electrons. The molecule has 33 heavy (non-hydrogen) atoms. The van der Waals surface area contributed by atoms with Gasteiger partial charge in [-0.05, 0) is 68.4 Å². The molecule has 0 radical (unpaired) electrons. The number of aliphatic hydroxyl groups excluding tert-OH is 1. The second-order valence-corrected chi connectivity index (χ2v) is 8.90. The van der Waals surface area contributed by atoms with Crippen LogP contribution in [0.4, 0.5) is 0 Å². The highest BCUT2D eigenvalue weighted by atomic mass is 79.9. The van der Waals surface area contributed by atoms with Gasteiger partial charge >= 0.3 is 0 Å². The number of carbonyl (C=O) groups excluding carboxylic acids is 2. The summed E-state index contributed by atoms with van der Waals surface area (Å²) >= 11 is 3.44. The summed E-state index contributed by atoms with van der Waals surface area (Å²) in [4.78, 5) is 30.1. The molecule has 1 N–H and O–H groups in total. The molecule has 1 atom stereocenters. The standard InChI is InChI=1S/C26H31BrN2O4/c1-5-28(6-2)14-15-29-23(18-8-10-19(27)11-9-18)22(25(31)26(29)32)24(30)21-13-12-20(33-7-3)16-17(21)4/h8-13,16,23,30H,5-7,14-15H2,1-4H3/b24-22-. The zero-order chi connectivity index (χ0) is 24.1. The Morgan fingerprint density at radius 1 is 1.09 bits per heavy atom. The Bertz CT molecular complexity index is 1040. The van der Waals surface area contributed by atoms with Gasteiger partial charge in [-0.1, -0.05) is 41.9 Å². The number of ketones is 1. The molecule has 1 heterocycles. The first-order valence-corrected chi connectivity index (χ1v) is 12.1. The first-order valence-electron chi connectivity index (χ1n) is 11.3. The maximum atomic E-state index is 13.2. The van der Waals surface area contributed by atoms with Crippen molar-refractivity contribution in [2.75, 3.05) is 32.8 Å². The molecule has 1 aliphatic heterocycles. The van der Waals surface area contributed by atoms with Crippen LogP contribution in [0.15, 0.2) is 52.5 Å². The van der Waals surface area contributed by atoms with Gasteiger partial charge in [-0.25, -0.2) is 0 Å². The highest BCUT2D eigenvalue weighted by Gasteiger charge is 2.46. The number of rotatable bonds is 9. The summed E-state index contributed by atoms with van der Waals surface area (Å²) in [5, 5.41) is 11.3. The lowest BCUT2D eigenvalue weighted by molar-refractivity contribution is -0.140. The zero-order valence-corrected chi connectivity index (χ0v) is 21.2. The van der Waals surface area contributed by atoms with Gasteiger partial charge in [-0.2, -0.15) is 0 Å². The molecule has 0 aromatic heterocycles. The van der Waals surface area contributed by atoms with E-state index in [1.54, 1.807) is 17.0 Å². The minimum Gasteiger partial charge on any atom is -0.507 e. The maximum absolute atomic E-state index is 13.2. The predicted octanol–water partition coefficient (Wildman–Crippen LogP) is 4.92. The molecule has 7 heteroatoms. The molecular weight excluding hydrogens is 484 g/mol. The molecule has 1 unspecified atom stereocenters. The first-order chi connectivity index (χ1) is 15.8. The summed E-state index contributed by atoms with van der Waals surface area (Å²) < 4.78 is 6.44. The Morgan fingerprint density at radius 2 is 1.76 bits per heavy atom. The van der Waals surface area contributed by atoms with Crippen LogP contribution in [0.5, 0.6) is 5.75 Å². The highest BCUT2D eigenvalue weighted by Crippen LogP contribution is 2.40. The number of hydrogen-bond donors (Lipinski definition) is 1. The monoisotopic (exact) mass is 514 g/mol. The maximum Gasteiger partial charge on any atom is 0.295 e. The van der Waals surface area contributed by atoms with Crippen LogP contribution in [0.3, 0.4) is 0 Å². The third-order valence-electron chi connectivity index (χ3n) is 6.04. The molecule has 0 saturated carbocycles. The predicted molar refractivity (Wildman–Crippen MR) is 133 cm³/mol. The van der Waals surface area contributed by atoms with Gasteiger partial charge in [-0.3, -0.25) is 9.59 Å². The summed E-state index contributed by atoms with van der Waals surface area (Å²) in [6.45, 7) is 11.2. The van der Waals surface area contributed by atoms with E-state index in [1.165, 1.54) is 0 Å². The largest absolute Gasteiger partial charge is 0.507 e. The number of nitrogens with zero attached hydrogens (tertiary/aromatic N) is 2. The van der Waals surface area contributed by atoms with Crippen LogP contribution in [0.25, 0.3) is 5.76 Å². The normalized spacial score (nSPS) is 17.8.